The molecule has 1 aliphatic rings. The van der Waals surface area contributed by atoms with Gasteiger partial charge in [-0.15, -0.1) is 12.4 Å². The van der Waals surface area contributed by atoms with Gasteiger partial charge in [-0.1, -0.05) is 35.9 Å². The Labute approximate surface area is 182 Å². The number of carbonyl (C=O) groups is 2. The van der Waals surface area contributed by atoms with Gasteiger partial charge in [0.25, 0.3) is 0 Å². The third kappa shape index (κ3) is 6.43. The maximum atomic E-state index is 13.2. The molecule has 0 saturated carbocycles. The van der Waals surface area contributed by atoms with E-state index in [1.54, 1.807) is 11.0 Å². The number of rotatable bonds is 5. The third-order valence-corrected chi connectivity index (χ3v) is 5.17. The molecule has 3 amide bonds. The summed E-state index contributed by atoms with van der Waals surface area (Å²) in [7, 11) is 0. The summed E-state index contributed by atoms with van der Waals surface area (Å²) in [6.07, 6.45) is 1.79. The van der Waals surface area contributed by atoms with Crippen LogP contribution in [0.4, 0.5) is 14.9 Å². The Morgan fingerprint density at radius 2 is 1.97 bits per heavy atom. The molecule has 30 heavy (non-hydrogen) atoms. The number of amides is 3. The van der Waals surface area contributed by atoms with Gasteiger partial charge >= 0.3 is 6.03 Å². The number of nitrogens with one attached hydrogen (secondary N) is 2. The average molecular weight is 435 g/mol. The van der Waals surface area contributed by atoms with Gasteiger partial charge in [0.2, 0.25) is 5.91 Å². The summed E-state index contributed by atoms with van der Waals surface area (Å²) in [6, 6.07) is 12.3. The lowest BCUT2D eigenvalue weighted by molar-refractivity contribution is -0.134. The number of halogens is 2. The third-order valence-electron chi connectivity index (χ3n) is 5.17. The van der Waals surface area contributed by atoms with Crippen molar-refractivity contribution in [1.82, 2.24) is 10.2 Å². The molecule has 3 rings (SSSR count). The van der Waals surface area contributed by atoms with E-state index in [4.69, 9.17) is 5.73 Å². The highest BCUT2D eigenvalue weighted by Gasteiger charge is 2.28. The smallest absolute Gasteiger partial charge is 0.319 e. The van der Waals surface area contributed by atoms with Gasteiger partial charge in [-0.25, -0.2) is 9.18 Å². The lowest BCUT2D eigenvalue weighted by Gasteiger charge is -2.34. The zero-order chi connectivity index (χ0) is 20.8. The molecule has 8 heteroatoms. The predicted molar refractivity (Wildman–Crippen MR) is 118 cm³/mol. The van der Waals surface area contributed by atoms with Crippen LogP contribution >= 0.6 is 12.4 Å². The zero-order valence-electron chi connectivity index (χ0n) is 16.9. The predicted octanol–water partition coefficient (Wildman–Crippen LogP) is 3.62. The zero-order valence-corrected chi connectivity index (χ0v) is 17.8. The number of urea groups is 1. The Balaban J connectivity index is 0.00000320. The van der Waals surface area contributed by atoms with Crippen molar-refractivity contribution in [3.05, 3.63) is 65.5 Å². The number of aryl methyl sites for hydroxylation is 1. The highest BCUT2D eigenvalue weighted by molar-refractivity contribution is 5.89. The van der Waals surface area contributed by atoms with E-state index in [1.807, 2.05) is 31.2 Å². The van der Waals surface area contributed by atoms with Crippen molar-refractivity contribution < 1.29 is 14.0 Å². The Morgan fingerprint density at radius 3 is 2.67 bits per heavy atom. The number of hydrogen-bond acceptors (Lipinski definition) is 3. The molecule has 2 aromatic carbocycles. The van der Waals surface area contributed by atoms with Gasteiger partial charge in [-0.2, -0.15) is 0 Å². The van der Waals surface area contributed by atoms with E-state index >= 15 is 0 Å². The highest BCUT2D eigenvalue weighted by Crippen LogP contribution is 2.21. The summed E-state index contributed by atoms with van der Waals surface area (Å²) in [5.41, 5.74) is 8.50. The van der Waals surface area contributed by atoms with Crippen molar-refractivity contribution in [3.63, 3.8) is 0 Å². The summed E-state index contributed by atoms with van der Waals surface area (Å²) < 4.78 is 13.2. The van der Waals surface area contributed by atoms with E-state index in [0.717, 1.165) is 24.0 Å². The van der Waals surface area contributed by atoms with Crippen molar-refractivity contribution >= 4 is 30.0 Å². The molecular formula is C22H28ClFN4O2. The Bertz CT molecular complexity index is 862. The van der Waals surface area contributed by atoms with Crippen LogP contribution in [-0.4, -0.2) is 36.5 Å². The maximum absolute atomic E-state index is 13.2. The number of nitrogens with two attached hydrogens (primary N) is 1. The van der Waals surface area contributed by atoms with Crippen molar-refractivity contribution in [1.29, 1.82) is 0 Å². The first-order valence-corrected chi connectivity index (χ1v) is 9.84. The topological polar surface area (TPSA) is 87.5 Å². The largest absolute Gasteiger partial charge is 0.341 e. The molecule has 0 bridgehead atoms. The van der Waals surface area contributed by atoms with E-state index in [9.17, 15) is 14.0 Å². The van der Waals surface area contributed by atoms with E-state index in [0.29, 0.717) is 25.3 Å². The van der Waals surface area contributed by atoms with Gasteiger partial charge in [-0.05, 0) is 49.4 Å². The summed E-state index contributed by atoms with van der Waals surface area (Å²) >= 11 is 0. The average Bonchev–Trinajstić information content (AvgIpc) is 2.72. The number of benzene rings is 2. The first-order valence-electron chi connectivity index (χ1n) is 9.84. The van der Waals surface area contributed by atoms with Gasteiger partial charge in [0.05, 0.1) is 0 Å². The fourth-order valence-electron chi connectivity index (χ4n) is 3.52. The molecule has 162 valence electrons. The van der Waals surface area contributed by atoms with E-state index in [1.165, 1.54) is 18.2 Å². The molecule has 1 saturated heterocycles. The minimum absolute atomic E-state index is 0. The normalized spacial score (nSPS) is 16.9. The second-order valence-corrected chi connectivity index (χ2v) is 7.53. The van der Waals surface area contributed by atoms with Crippen LogP contribution in [-0.2, 0) is 4.79 Å². The highest BCUT2D eigenvalue weighted by atomic mass is 35.5. The van der Waals surface area contributed by atoms with Crippen LogP contribution in [0.3, 0.4) is 0 Å². The maximum Gasteiger partial charge on any atom is 0.319 e. The number of nitrogens with zero attached hydrogens (tertiary/aromatic N) is 1. The molecule has 1 heterocycles. The van der Waals surface area contributed by atoms with Crippen LogP contribution in [0.25, 0.3) is 0 Å². The van der Waals surface area contributed by atoms with Gasteiger partial charge in [0, 0.05) is 25.3 Å². The molecule has 0 radical (unpaired) electrons. The van der Waals surface area contributed by atoms with Crippen molar-refractivity contribution in [2.75, 3.05) is 25.0 Å². The molecular weight excluding hydrogens is 407 g/mol. The first-order chi connectivity index (χ1) is 13.9. The second-order valence-electron chi connectivity index (χ2n) is 7.53. The summed E-state index contributed by atoms with van der Waals surface area (Å²) in [5.74, 6) is -0.354. The monoisotopic (exact) mass is 434 g/mol. The lowest BCUT2D eigenvalue weighted by Crippen LogP contribution is -2.47. The Morgan fingerprint density at radius 1 is 1.23 bits per heavy atom. The standard InChI is InChI=1S/C22H27FN4O2.ClH/c1-15-7-9-17(10-8-15)20(24)21(28)27-11-3-4-16(14-27)13-25-22(29)26-19-6-2-5-18(23)12-19;/h2,5-10,12,16,20H,3-4,11,13-14,24H2,1H3,(H2,25,26,29);1H. The number of carbonyl (C=O) groups excluding carboxylic acids is 2. The number of anilines is 1. The van der Waals surface area contributed by atoms with Crippen molar-refractivity contribution in [2.45, 2.75) is 25.8 Å². The van der Waals surface area contributed by atoms with Crippen molar-refractivity contribution in [2.24, 2.45) is 11.7 Å². The van der Waals surface area contributed by atoms with Crippen LogP contribution in [0.1, 0.15) is 30.0 Å². The van der Waals surface area contributed by atoms with Gasteiger partial charge in [-0.3, -0.25) is 4.79 Å². The number of piperidine rings is 1. The number of likely N-dealkylation sites (tertiary alicyclic amines) is 1. The van der Waals surface area contributed by atoms with E-state index in [2.05, 4.69) is 10.6 Å². The lowest BCUT2D eigenvalue weighted by atomic mass is 9.96. The fourth-order valence-corrected chi connectivity index (χ4v) is 3.52. The van der Waals surface area contributed by atoms with Crippen molar-refractivity contribution in [3.8, 4) is 0 Å². The second kappa shape index (κ2) is 10.9. The van der Waals surface area contributed by atoms with Crippen LogP contribution < -0.4 is 16.4 Å². The van der Waals surface area contributed by atoms with Gasteiger partial charge in [0.15, 0.2) is 0 Å². The quantitative estimate of drug-likeness (QED) is 0.671. The van der Waals surface area contributed by atoms with Crippen LogP contribution in [0, 0.1) is 18.7 Å². The first kappa shape index (κ1) is 23.6. The van der Waals surface area contributed by atoms with E-state index < -0.39 is 17.9 Å². The molecule has 4 N–H and O–H groups in total. The molecule has 0 aromatic heterocycles. The molecule has 6 nitrogen and oxygen atoms in total. The Kier molecular flexibility index (Phi) is 8.62. The minimum Gasteiger partial charge on any atom is -0.341 e. The molecule has 2 unspecified atom stereocenters. The van der Waals surface area contributed by atoms with Gasteiger partial charge < -0.3 is 21.3 Å². The fraction of sp³-hybridized carbons (Fsp3) is 0.364. The molecule has 2 aromatic rings. The molecule has 0 aliphatic carbocycles. The summed E-state index contributed by atoms with van der Waals surface area (Å²) in [6.45, 7) is 3.65. The molecule has 1 fully saturated rings. The Hall–Kier alpha value is -2.64. The summed E-state index contributed by atoms with van der Waals surface area (Å²) in [5, 5.41) is 5.42. The van der Waals surface area contributed by atoms with Gasteiger partial charge in [0.1, 0.15) is 11.9 Å². The van der Waals surface area contributed by atoms with Crippen LogP contribution in [0.2, 0.25) is 0 Å². The minimum atomic E-state index is -0.682. The van der Waals surface area contributed by atoms with Crippen LogP contribution in [0.15, 0.2) is 48.5 Å². The SMILES string of the molecule is Cc1ccc(C(N)C(=O)N2CCCC(CNC(=O)Nc3cccc(F)c3)C2)cc1.Cl. The molecule has 0 spiro atoms. The summed E-state index contributed by atoms with van der Waals surface area (Å²) in [4.78, 5) is 26.6. The van der Waals surface area contributed by atoms with Crippen LogP contribution in [0.5, 0.6) is 0 Å². The number of hydrogen-bond donors (Lipinski definition) is 3. The van der Waals surface area contributed by atoms with E-state index in [-0.39, 0.29) is 24.2 Å². The molecule has 1 aliphatic heterocycles. The molecule has 2 atom stereocenters.